The van der Waals surface area contributed by atoms with E-state index in [1.165, 1.54) is 11.3 Å². The van der Waals surface area contributed by atoms with Gasteiger partial charge in [0.1, 0.15) is 0 Å². The summed E-state index contributed by atoms with van der Waals surface area (Å²) >= 11 is 5.91. The van der Waals surface area contributed by atoms with Crippen LogP contribution < -0.4 is 4.90 Å². The van der Waals surface area contributed by atoms with Gasteiger partial charge in [0.2, 0.25) is 0 Å². The molecule has 1 aromatic carbocycles. The Balaban J connectivity index is 2.80. The average Bonchev–Trinajstić information content (AvgIpc) is 2.30. The van der Waals surface area contributed by atoms with E-state index in [2.05, 4.69) is 24.0 Å². The van der Waals surface area contributed by atoms with Crippen LogP contribution in [0.5, 0.6) is 0 Å². The fraction of sp³-hybridized carbons (Fsp3) is 0.500. The fourth-order valence-corrected chi connectivity index (χ4v) is 1.81. The highest BCUT2D eigenvalue weighted by atomic mass is 35.5. The van der Waals surface area contributed by atoms with E-state index in [1.54, 1.807) is 7.11 Å². The normalized spacial score (nSPS) is 10.3. The molecule has 15 heavy (non-hydrogen) atoms. The van der Waals surface area contributed by atoms with Crippen LogP contribution in [0.1, 0.15) is 12.5 Å². The summed E-state index contributed by atoms with van der Waals surface area (Å²) < 4.78 is 5.09. The van der Waals surface area contributed by atoms with Gasteiger partial charge in [0.25, 0.3) is 0 Å². The second kappa shape index (κ2) is 6.70. The summed E-state index contributed by atoms with van der Waals surface area (Å²) in [4.78, 5) is 2.28. The maximum Gasteiger partial charge on any atom is 0.0637 e. The maximum absolute atomic E-state index is 5.91. The Bertz CT molecular complexity index is 291. The van der Waals surface area contributed by atoms with E-state index in [-0.39, 0.29) is 0 Å². The fourth-order valence-electron chi connectivity index (χ4n) is 1.58. The maximum atomic E-state index is 5.91. The molecule has 0 spiro atoms. The molecule has 0 saturated carbocycles. The summed E-state index contributed by atoms with van der Waals surface area (Å²) in [6.07, 6.45) is 0. The van der Waals surface area contributed by atoms with Crippen LogP contribution in [0.2, 0.25) is 0 Å². The molecule has 0 atom stereocenters. The molecule has 2 nitrogen and oxygen atoms in total. The first-order chi connectivity index (χ1) is 7.33. The molecule has 0 heterocycles. The van der Waals surface area contributed by atoms with Crippen LogP contribution in [-0.2, 0) is 10.6 Å². The molecule has 0 saturated heterocycles. The topological polar surface area (TPSA) is 12.5 Å². The zero-order chi connectivity index (χ0) is 11.1. The molecule has 84 valence electrons. The third-order valence-corrected chi connectivity index (χ3v) is 2.71. The standard InChI is InChI=1S/C12H18ClNO/c1-3-14(8-9-15-2)12-7-5-4-6-11(12)10-13/h4-7H,3,8-10H2,1-2H3. The van der Waals surface area contributed by atoms with Crippen molar-refractivity contribution in [3.05, 3.63) is 29.8 Å². The van der Waals surface area contributed by atoms with Gasteiger partial charge in [0, 0.05) is 31.8 Å². The Labute approximate surface area is 96.8 Å². The number of likely N-dealkylation sites (N-methyl/N-ethyl adjacent to an activating group) is 1. The van der Waals surface area contributed by atoms with Gasteiger partial charge in [0.15, 0.2) is 0 Å². The molecule has 3 heteroatoms. The van der Waals surface area contributed by atoms with E-state index >= 15 is 0 Å². The quantitative estimate of drug-likeness (QED) is 0.693. The zero-order valence-corrected chi connectivity index (χ0v) is 10.1. The Morgan fingerprint density at radius 1 is 1.33 bits per heavy atom. The molecule has 0 aromatic heterocycles. The van der Waals surface area contributed by atoms with E-state index in [9.17, 15) is 0 Å². The molecule has 0 unspecified atom stereocenters. The van der Waals surface area contributed by atoms with E-state index in [0.29, 0.717) is 5.88 Å². The van der Waals surface area contributed by atoms with Crippen LogP contribution in [0, 0.1) is 0 Å². The van der Waals surface area contributed by atoms with Gasteiger partial charge in [-0.3, -0.25) is 0 Å². The van der Waals surface area contributed by atoms with Crippen LogP contribution in [0.3, 0.4) is 0 Å². The lowest BCUT2D eigenvalue weighted by Gasteiger charge is -2.24. The molecule has 0 N–H and O–H groups in total. The first kappa shape index (κ1) is 12.3. The minimum atomic E-state index is 0.555. The molecule has 1 rings (SSSR count). The van der Waals surface area contributed by atoms with Crippen LogP contribution in [0.15, 0.2) is 24.3 Å². The molecular weight excluding hydrogens is 210 g/mol. The number of nitrogens with zero attached hydrogens (tertiary/aromatic N) is 1. The largest absolute Gasteiger partial charge is 0.383 e. The molecule has 1 aromatic rings. The van der Waals surface area contributed by atoms with Gasteiger partial charge < -0.3 is 9.64 Å². The van der Waals surface area contributed by atoms with Gasteiger partial charge in [-0.1, -0.05) is 18.2 Å². The SMILES string of the molecule is CCN(CCOC)c1ccccc1CCl. The molecular formula is C12H18ClNO. The van der Waals surface area contributed by atoms with Gasteiger partial charge in [-0.2, -0.15) is 0 Å². The van der Waals surface area contributed by atoms with Crippen molar-refractivity contribution in [2.24, 2.45) is 0 Å². The monoisotopic (exact) mass is 227 g/mol. The van der Waals surface area contributed by atoms with E-state index in [0.717, 1.165) is 19.7 Å². The lowest BCUT2D eigenvalue weighted by atomic mass is 10.2. The number of alkyl halides is 1. The highest BCUT2D eigenvalue weighted by Gasteiger charge is 2.07. The Kier molecular flexibility index (Phi) is 5.51. The average molecular weight is 228 g/mol. The lowest BCUT2D eigenvalue weighted by molar-refractivity contribution is 0.205. The first-order valence-corrected chi connectivity index (χ1v) is 5.74. The summed E-state index contributed by atoms with van der Waals surface area (Å²) in [5.74, 6) is 0.555. The Morgan fingerprint density at radius 3 is 2.67 bits per heavy atom. The predicted octanol–water partition coefficient (Wildman–Crippen LogP) is 2.90. The molecule has 0 fully saturated rings. The van der Waals surface area contributed by atoms with Crippen molar-refractivity contribution < 1.29 is 4.74 Å². The third-order valence-electron chi connectivity index (χ3n) is 2.42. The third kappa shape index (κ3) is 3.40. The van der Waals surface area contributed by atoms with Crippen molar-refractivity contribution >= 4 is 17.3 Å². The van der Waals surface area contributed by atoms with E-state index in [1.807, 2.05) is 12.1 Å². The summed E-state index contributed by atoms with van der Waals surface area (Å²) in [7, 11) is 1.72. The van der Waals surface area contributed by atoms with Gasteiger partial charge >= 0.3 is 0 Å². The molecule has 0 radical (unpaired) electrons. The van der Waals surface area contributed by atoms with Crippen molar-refractivity contribution in [2.45, 2.75) is 12.8 Å². The second-order valence-corrected chi connectivity index (χ2v) is 3.60. The lowest BCUT2D eigenvalue weighted by Crippen LogP contribution is -2.27. The first-order valence-electron chi connectivity index (χ1n) is 5.21. The van der Waals surface area contributed by atoms with Gasteiger partial charge in [-0.15, -0.1) is 11.6 Å². The number of rotatable bonds is 6. The Hall–Kier alpha value is -0.730. The molecule has 0 aliphatic heterocycles. The second-order valence-electron chi connectivity index (χ2n) is 3.33. The number of ether oxygens (including phenoxy) is 1. The van der Waals surface area contributed by atoms with Crippen LogP contribution >= 0.6 is 11.6 Å². The van der Waals surface area contributed by atoms with Crippen LogP contribution in [-0.4, -0.2) is 26.8 Å². The van der Waals surface area contributed by atoms with E-state index < -0.39 is 0 Å². The van der Waals surface area contributed by atoms with Crippen LogP contribution in [0.25, 0.3) is 0 Å². The van der Waals surface area contributed by atoms with Crippen LogP contribution in [0.4, 0.5) is 5.69 Å². The highest BCUT2D eigenvalue weighted by molar-refractivity contribution is 6.17. The van der Waals surface area contributed by atoms with Crippen molar-refractivity contribution in [3.63, 3.8) is 0 Å². The molecule has 0 aliphatic carbocycles. The van der Waals surface area contributed by atoms with E-state index in [4.69, 9.17) is 16.3 Å². The van der Waals surface area contributed by atoms with Crippen molar-refractivity contribution in [1.82, 2.24) is 0 Å². The Morgan fingerprint density at radius 2 is 2.07 bits per heavy atom. The van der Waals surface area contributed by atoms with Gasteiger partial charge in [0.05, 0.1) is 6.61 Å². The van der Waals surface area contributed by atoms with Crippen molar-refractivity contribution in [1.29, 1.82) is 0 Å². The molecule has 0 aliphatic rings. The van der Waals surface area contributed by atoms with Crippen molar-refractivity contribution in [3.8, 4) is 0 Å². The zero-order valence-electron chi connectivity index (χ0n) is 9.37. The number of halogens is 1. The number of hydrogen-bond acceptors (Lipinski definition) is 2. The highest BCUT2D eigenvalue weighted by Crippen LogP contribution is 2.21. The number of para-hydroxylation sites is 1. The van der Waals surface area contributed by atoms with Crippen molar-refractivity contribution in [2.75, 3.05) is 31.7 Å². The van der Waals surface area contributed by atoms with Gasteiger partial charge in [-0.05, 0) is 18.6 Å². The number of anilines is 1. The number of hydrogen-bond donors (Lipinski definition) is 0. The summed E-state index contributed by atoms with van der Waals surface area (Å²) in [6, 6.07) is 8.24. The van der Waals surface area contributed by atoms with Gasteiger partial charge in [-0.25, -0.2) is 0 Å². The minimum absolute atomic E-state index is 0.555. The number of benzene rings is 1. The minimum Gasteiger partial charge on any atom is -0.383 e. The summed E-state index contributed by atoms with van der Waals surface area (Å²) in [5, 5.41) is 0. The smallest absolute Gasteiger partial charge is 0.0637 e. The predicted molar refractivity (Wildman–Crippen MR) is 65.8 cm³/mol. The number of methoxy groups -OCH3 is 1. The summed E-state index contributed by atoms with van der Waals surface area (Å²) in [6.45, 7) is 4.75. The molecule has 0 amide bonds. The summed E-state index contributed by atoms with van der Waals surface area (Å²) in [5.41, 5.74) is 2.39. The molecule has 0 bridgehead atoms.